The zero-order valence-corrected chi connectivity index (χ0v) is 29.5. The van der Waals surface area contributed by atoms with Gasteiger partial charge in [-0.1, -0.05) is 155 Å². The Balaban J connectivity index is 0. The Morgan fingerprint density at radius 1 is 0.450 bits per heavy atom. The molecule has 0 radical (unpaired) electrons. The van der Waals surface area contributed by atoms with Gasteiger partial charge in [0.2, 0.25) is 0 Å². The van der Waals surface area contributed by atoms with Crippen molar-refractivity contribution < 1.29 is 36.3 Å². The Morgan fingerprint density at radius 3 is 1.05 bits per heavy atom. The fraction of sp³-hybridized carbons (Fsp3) is 1.00. The van der Waals surface area contributed by atoms with Crippen LogP contribution in [0.1, 0.15) is 187 Å². The molecule has 0 aliphatic carbocycles. The molecule has 5 heteroatoms. The summed E-state index contributed by atoms with van der Waals surface area (Å²) in [7, 11) is 3.68. The van der Waals surface area contributed by atoms with Crippen LogP contribution in [0, 0.1) is 0 Å². The molecule has 0 unspecified atom stereocenters. The molecule has 0 saturated carbocycles. The lowest BCUT2D eigenvalue weighted by Gasteiger charge is -2.21. The van der Waals surface area contributed by atoms with Gasteiger partial charge in [0.05, 0.1) is 14.1 Å². The Hall–Kier alpha value is 0.320. The normalized spacial score (nSPS) is 11.8. The fourth-order valence-electron chi connectivity index (χ4n) is 5.34. The molecule has 0 heterocycles. The number of hydrogen-bond acceptors (Lipinski definition) is 3. The summed E-state index contributed by atoms with van der Waals surface area (Å²) in [6.45, 7) is 7.00. The minimum atomic E-state index is -0.0697. The Kier molecular flexibility index (Phi) is 35.9. The zero-order chi connectivity index (χ0) is 28.7. The molecule has 0 rings (SSSR count). The van der Waals surface area contributed by atoms with Gasteiger partial charge in [-0.2, -0.15) is 4.65 Å². The van der Waals surface area contributed by atoms with Gasteiger partial charge >= 0.3 is 0 Å². The van der Waals surface area contributed by atoms with E-state index in [4.69, 9.17) is 9.47 Å². The van der Waals surface area contributed by atoms with Gasteiger partial charge in [0, 0.05) is 13.2 Å². The zero-order valence-electron chi connectivity index (χ0n) is 27.9. The summed E-state index contributed by atoms with van der Waals surface area (Å²) < 4.78 is 12.4. The summed E-state index contributed by atoms with van der Waals surface area (Å²) in [5.41, 5.74) is 0. The van der Waals surface area contributed by atoms with Gasteiger partial charge < -0.3 is 26.5 Å². The van der Waals surface area contributed by atoms with Crippen LogP contribution in [0.3, 0.4) is 0 Å². The van der Waals surface area contributed by atoms with Gasteiger partial charge in [0.15, 0.2) is 6.29 Å². The number of rotatable bonds is 33. The molecule has 0 aliphatic heterocycles. The van der Waals surface area contributed by atoms with Crippen molar-refractivity contribution in [1.82, 2.24) is 0 Å². The van der Waals surface area contributed by atoms with Gasteiger partial charge in [-0.15, -0.1) is 0 Å². The first-order valence-electron chi connectivity index (χ1n) is 17.8. The van der Waals surface area contributed by atoms with Crippen molar-refractivity contribution >= 4 is 0 Å². The van der Waals surface area contributed by atoms with E-state index >= 15 is 0 Å². The van der Waals surface area contributed by atoms with Crippen LogP contribution in [0.15, 0.2) is 0 Å². The van der Waals surface area contributed by atoms with E-state index in [9.17, 15) is 5.21 Å². The lowest BCUT2D eigenvalue weighted by molar-refractivity contribution is -1.07. The highest BCUT2D eigenvalue weighted by atomic mass is 79.9. The Labute approximate surface area is 263 Å². The van der Waals surface area contributed by atoms with E-state index < -0.39 is 0 Å². The van der Waals surface area contributed by atoms with Crippen molar-refractivity contribution in [1.29, 1.82) is 0 Å². The molecule has 0 amide bonds. The van der Waals surface area contributed by atoms with Crippen molar-refractivity contribution in [2.24, 2.45) is 0 Å². The molecular weight excluding hydrogens is 562 g/mol. The number of halogens is 1. The smallest absolute Gasteiger partial charge is 0.157 e. The van der Waals surface area contributed by atoms with E-state index in [1.807, 2.05) is 14.1 Å². The second-order valence-corrected chi connectivity index (χ2v) is 12.8. The third-order valence-corrected chi connectivity index (χ3v) is 8.00. The maximum atomic E-state index is 9.93. The molecule has 0 bridgehead atoms. The second kappa shape index (κ2) is 33.8. The minimum Gasteiger partial charge on any atom is -1.00 e. The third kappa shape index (κ3) is 36.3. The summed E-state index contributed by atoms with van der Waals surface area (Å²) in [6.07, 6.45) is 35.8. The molecule has 0 atom stereocenters. The number of quaternary nitrogens is 1. The molecule has 0 aromatic heterocycles. The molecule has 0 fully saturated rings. The minimum absolute atomic E-state index is 0. The van der Waals surface area contributed by atoms with Gasteiger partial charge in [0.1, 0.15) is 6.54 Å². The van der Waals surface area contributed by atoms with E-state index in [-0.39, 0.29) is 27.9 Å². The topological polar surface area (TPSA) is 38.7 Å². The Bertz CT molecular complexity index is 428. The maximum absolute atomic E-state index is 9.93. The number of nitrogens with zero attached hydrogens (tertiary/aromatic N) is 1. The van der Waals surface area contributed by atoms with Gasteiger partial charge in [-0.05, 0) is 32.1 Å². The van der Waals surface area contributed by atoms with E-state index in [1.165, 1.54) is 141 Å². The van der Waals surface area contributed by atoms with Crippen molar-refractivity contribution in [3.8, 4) is 0 Å². The highest BCUT2D eigenvalue weighted by molar-refractivity contribution is 4.53. The molecule has 1 N–H and O–H groups in total. The molecule has 0 aliphatic rings. The van der Waals surface area contributed by atoms with Crippen molar-refractivity contribution in [2.75, 3.05) is 33.9 Å². The highest BCUT2D eigenvalue weighted by Gasteiger charge is 2.13. The Morgan fingerprint density at radius 2 is 0.750 bits per heavy atom. The van der Waals surface area contributed by atoms with Gasteiger partial charge in [-0.25, -0.2) is 5.21 Å². The predicted octanol–water partition coefficient (Wildman–Crippen LogP) is 8.39. The average molecular weight is 637 g/mol. The summed E-state index contributed by atoms with van der Waals surface area (Å²) in [6, 6.07) is 0. The molecule has 4 nitrogen and oxygen atoms in total. The van der Waals surface area contributed by atoms with E-state index in [0.717, 1.165) is 51.9 Å². The summed E-state index contributed by atoms with van der Waals surface area (Å²) in [5.74, 6) is 0. The van der Waals surface area contributed by atoms with Crippen molar-refractivity contribution in [3.05, 3.63) is 0 Å². The molecule has 0 aromatic rings. The van der Waals surface area contributed by atoms with Crippen LogP contribution >= 0.6 is 0 Å². The third-order valence-electron chi connectivity index (χ3n) is 8.00. The van der Waals surface area contributed by atoms with Crippen LogP contribution in [-0.2, 0) is 9.47 Å². The molecule has 40 heavy (non-hydrogen) atoms. The van der Waals surface area contributed by atoms with Crippen molar-refractivity contribution in [3.63, 3.8) is 0 Å². The molecule has 0 aromatic carbocycles. The second-order valence-electron chi connectivity index (χ2n) is 12.8. The van der Waals surface area contributed by atoms with Gasteiger partial charge in [0.25, 0.3) is 0 Å². The van der Waals surface area contributed by atoms with Crippen LogP contribution in [0.2, 0.25) is 0 Å². The average Bonchev–Trinajstić information content (AvgIpc) is 2.90. The van der Waals surface area contributed by atoms with Crippen molar-refractivity contribution in [2.45, 2.75) is 193 Å². The quantitative estimate of drug-likeness (QED) is 0.0340. The van der Waals surface area contributed by atoms with E-state index in [1.54, 1.807) is 0 Å². The number of hydroxylamine groups is 3. The largest absolute Gasteiger partial charge is 1.00 e. The van der Waals surface area contributed by atoms with Crippen LogP contribution < -0.4 is 17.0 Å². The SMILES string of the molecule is CCCCCCCCCCCCCCOC(CCCC[N+](C)(C)O)OCCCCCCCCCCCCCC.[Br-]. The molecule has 0 saturated heterocycles. The number of unbranched alkanes of at least 4 members (excludes halogenated alkanes) is 23. The monoisotopic (exact) mass is 635 g/mol. The first-order chi connectivity index (χ1) is 19.0. The number of hydrogen-bond donors (Lipinski definition) is 1. The number of ether oxygens (including phenoxy) is 2. The fourth-order valence-corrected chi connectivity index (χ4v) is 5.34. The standard InChI is InChI=1S/C35H74NO3.BrH/c1-5-7-9-11-13-15-17-19-21-23-25-29-33-38-35(31-27-28-32-36(3,4)37)39-34-30-26-24-22-20-18-16-14-12-10-8-6-2;/h35,37H,5-34H2,1-4H3;1H/q+1;/p-1. The van der Waals surface area contributed by atoms with Crippen LogP contribution in [0.5, 0.6) is 0 Å². The first-order valence-corrected chi connectivity index (χ1v) is 17.8. The van der Waals surface area contributed by atoms with E-state index in [0.29, 0.717) is 0 Å². The van der Waals surface area contributed by atoms with Gasteiger partial charge in [-0.3, -0.25) is 0 Å². The molecule has 244 valence electrons. The lowest BCUT2D eigenvalue weighted by Crippen LogP contribution is -3.00. The maximum Gasteiger partial charge on any atom is 0.157 e. The first kappa shape index (κ1) is 42.5. The van der Waals surface area contributed by atoms with E-state index in [2.05, 4.69) is 13.8 Å². The highest BCUT2D eigenvalue weighted by Crippen LogP contribution is 2.15. The van der Waals surface area contributed by atoms with Crippen LogP contribution in [0.4, 0.5) is 0 Å². The molecular formula is C35H74BrNO3. The summed E-state index contributed by atoms with van der Waals surface area (Å²) >= 11 is 0. The van der Waals surface area contributed by atoms with Crippen LogP contribution in [-0.4, -0.2) is 50.0 Å². The van der Waals surface area contributed by atoms with Crippen LogP contribution in [0.25, 0.3) is 0 Å². The predicted molar refractivity (Wildman–Crippen MR) is 170 cm³/mol. The lowest BCUT2D eigenvalue weighted by atomic mass is 10.1. The summed E-state index contributed by atoms with van der Waals surface area (Å²) in [5, 5.41) is 9.93. The summed E-state index contributed by atoms with van der Waals surface area (Å²) in [4.78, 5) is 0. The molecule has 0 spiro atoms.